The van der Waals surface area contributed by atoms with Crippen molar-refractivity contribution in [1.82, 2.24) is 8.80 Å². The van der Waals surface area contributed by atoms with E-state index >= 15 is 0 Å². The molecule has 9 aromatic carbocycles. The second-order valence-electron chi connectivity index (χ2n) is 26.6. The van der Waals surface area contributed by atoms with Crippen LogP contribution < -0.4 is 0 Å². The van der Waals surface area contributed by atoms with Gasteiger partial charge < -0.3 is 8.80 Å². The molecule has 23 rings (SSSR count). The van der Waals surface area contributed by atoms with Crippen molar-refractivity contribution in [3.05, 3.63) is 241 Å². The molecule has 13 aromatic rings. The third-order valence-corrected chi connectivity index (χ3v) is 23.5. The number of aromatic nitrogens is 2. The van der Waals surface area contributed by atoms with Crippen LogP contribution in [0, 0.1) is 41.6 Å². The Balaban J connectivity index is 1.11. The maximum Gasteiger partial charge on any atom is 0.197 e. The number of rotatable bonds is 4. The van der Waals surface area contributed by atoms with Crippen LogP contribution in [0.1, 0.15) is 160 Å². The van der Waals surface area contributed by atoms with E-state index in [2.05, 4.69) is 173 Å². The predicted octanol–water partition coefficient (Wildman–Crippen LogP) is 18.6. The molecule has 80 heavy (non-hydrogen) atoms. The van der Waals surface area contributed by atoms with Crippen molar-refractivity contribution in [2.75, 3.05) is 0 Å². The van der Waals surface area contributed by atoms with Gasteiger partial charge in [-0.2, -0.15) is 5.26 Å². The topological polar surface area (TPSA) is 37.0 Å². The molecule has 4 heteroatoms. The number of fused-ring (bicyclic) bond motifs is 6. The molecule has 4 fully saturated rings. The highest BCUT2D eigenvalue weighted by Gasteiger charge is 2.58. The summed E-state index contributed by atoms with van der Waals surface area (Å²) in [6.07, 6.45) is 12.3. The zero-order valence-electron chi connectivity index (χ0n) is 44.5. The van der Waals surface area contributed by atoms with E-state index in [1.807, 2.05) is 0 Å². The number of nitriles is 1. The lowest BCUT2D eigenvalue weighted by molar-refractivity contribution is 0.166. The molecule has 10 aliphatic rings. The number of nitrogens with zero attached hydrogens (tertiary/aromatic N) is 4. The molecule has 4 unspecified atom stereocenters. The van der Waals surface area contributed by atoms with Gasteiger partial charge in [0.05, 0.1) is 56.6 Å². The lowest BCUT2D eigenvalue weighted by atomic mass is 9.57. The fraction of sp³-hybridized carbons (Fsp3) is 0.263. The fourth-order valence-electron chi connectivity index (χ4n) is 21.8. The number of benzene rings is 9. The molecule has 4 saturated carbocycles. The van der Waals surface area contributed by atoms with E-state index in [4.69, 9.17) is 4.85 Å². The van der Waals surface area contributed by atoms with Crippen LogP contribution in [0.2, 0.25) is 0 Å². The third-order valence-electron chi connectivity index (χ3n) is 23.5. The van der Waals surface area contributed by atoms with Crippen LogP contribution in [0.5, 0.6) is 0 Å². The fourth-order valence-corrected chi connectivity index (χ4v) is 21.8. The first-order chi connectivity index (χ1) is 39.6. The molecule has 0 saturated heterocycles. The summed E-state index contributed by atoms with van der Waals surface area (Å²) in [6.45, 7) is 9.90. The van der Waals surface area contributed by atoms with Gasteiger partial charge in [0, 0.05) is 70.9 Å². The quantitative estimate of drug-likeness (QED) is 0.162. The van der Waals surface area contributed by atoms with Crippen LogP contribution in [0.15, 0.2) is 158 Å². The minimum absolute atomic E-state index is 0.356. The second-order valence-corrected chi connectivity index (χ2v) is 26.6. The SMILES string of the molecule is [C-]#[N+]c1c2c(c3c4cccc5c6c7c8c(c9c6n(c3c1C9(c1ccccc1)c1ccccc1)c45)c1cccc3c4c5c(c(C#N)c(c4n8c31)C7(c1ccccc1)c1ccccc1)C1CC3CC(C1)CC5C3)C1CC3CC(CC2C3)C1. The molecule has 0 N–H and O–H groups in total. The first-order valence-corrected chi connectivity index (χ1v) is 30.2. The van der Waals surface area contributed by atoms with Gasteiger partial charge in [-0.15, -0.1) is 0 Å². The molecular weight excluding hydrogens is 969 g/mol. The van der Waals surface area contributed by atoms with Crippen LogP contribution in [0.4, 0.5) is 5.69 Å². The average Bonchev–Trinajstić information content (AvgIpc) is 1.60. The van der Waals surface area contributed by atoms with Crippen molar-refractivity contribution >= 4 is 81.9 Å². The first kappa shape index (κ1) is 42.5. The minimum atomic E-state index is -0.916. The lowest BCUT2D eigenvalue weighted by Crippen LogP contribution is -2.38. The van der Waals surface area contributed by atoms with Gasteiger partial charge >= 0.3 is 0 Å². The number of para-hydroxylation sites is 2. The molecular formula is C76H54N4. The monoisotopic (exact) mass is 1020 g/mol. The van der Waals surface area contributed by atoms with Gasteiger partial charge in [-0.05, 0) is 156 Å². The van der Waals surface area contributed by atoms with Crippen molar-refractivity contribution in [1.29, 1.82) is 5.26 Å². The third kappa shape index (κ3) is 4.43. The zero-order valence-corrected chi connectivity index (χ0v) is 44.5. The van der Waals surface area contributed by atoms with Gasteiger partial charge in [-0.25, -0.2) is 4.85 Å². The van der Waals surface area contributed by atoms with Gasteiger partial charge in [0.1, 0.15) is 0 Å². The Morgan fingerprint density at radius 1 is 0.362 bits per heavy atom. The molecule has 0 spiro atoms. The molecule has 8 bridgehead atoms. The highest BCUT2D eigenvalue weighted by atomic mass is 15.0. The Labute approximate surface area is 463 Å². The molecule has 378 valence electrons. The standard InChI is InChI=1S/C76H54N4/c1-78-68-59-46-36-41-29-42(37-46)35-45(34-41)58(59)61-52-25-15-26-53-62-65-73-63(66-74(62)80(70(52)53)72(61)67(68)76(66,49-20-10-4-11-21-49)50-22-12-5-13-23-50)54-27-14-24-51-60-57-44-32-39-28-40(33-44)31-43(30-39)56(57)55(38-77)64(71(60)79(73)69(51)54)75(65,47-16-6-2-7-17-47)48-18-8-3-9-19-48/h2-27,39-46H,28-37H2. The van der Waals surface area contributed by atoms with Gasteiger partial charge in [0.2, 0.25) is 0 Å². The summed E-state index contributed by atoms with van der Waals surface area (Å²) < 4.78 is 5.53. The van der Waals surface area contributed by atoms with Crippen molar-refractivity contribution < 1.29 is 0 Å². The van der Waals surface area contributed by atoms with Crippen LogP contribution >= 0.6 is 0 Å². The normalized spacial score (nSPS) is 25.7. The van der Waals surface area contributed by atoms with E-state index < -0.39 is 10.8 Å². The van der Waals surface area contributed by atoms with Gasteiger partial charge in [0.15, 0.2) is 5.69 Å². The molecule has 8 aliphatic carbocycles. The van der Waals surface area contributed by atoms with Crippen LogP contribution in [0.3, 0.4) is 0 Å². The predicted molar refractivity (Wildman–Crippen MR) is 322 cm³/mol. The van der Waals surface area contributed by atoms with E-state index in [-0.39, 0.29) is 0 Å². The van der Waals surface area contributed by atoms with E-state index in [9.17, 15) is 11.8 Å². The molecule has 4 nitrogen and oxygen atoms in total. The maximum atomic E-state index is 12.6. The van der Waals surface area contributed by atoms with Gasteiger partial charge in [-0.3, -0.25) is 0 Å². The Morgan fingerprint density at radius 2 is 0.700 bits per heavy atom. The van der Waals surface area contributed by atoms with Gasteiger partial charge in [0.25, 0.3) is 0 Å². The summed E-state index contributed by atoms with van der Waals surface area (Å²) >= 11 is 0. The highest BCUT2D eigenvalue weighted by molar-refractivity contribution is 6.36. The van der Waals surface area contributed by atoms with E-state index in [0.717, 1.165) is 11.3 Å². The lowest BCUT2D eigenvalue weighted by Gasteiger charge is -2.45. The molecule has 6 heterocycles. The smallest absolute Gasteiger partial charge is 0.197 e. The van der Waals surface area contributed by atoms with Crippen LogP contribution in [-0.4, -0.2) is 8.80 Å². The summed E-state index contributed by atoms with van der Waals surface area (Å²) in [4.78, 5) is 5.06. The average molecular weight is 1020 g/mol. The van der Waals surface area contributed by atoms with Gasteiger partial charge in [-0.1, -0.05) is 158 Å². The van der Waals surface area contributed by atoms with Crippen molar-refractivity contribution in [2.24, 2.45) is 23.7 Å². The highest BCUT2D eigenvalue weighted by Crippen LogP contribution is 2.71. The van der Waals surface area contributed by atoms with Crippen molar-refractivity contribution in [2.45, 2.75) is 98.7 Å². The summed E-state index contributed by atoms with van der Waals surface area (Å²) in [7, 11) is 0. The van der Waals surface area contributed by atoms with Crippen molar-refractivity contribution in [3.63, 3.8) is 0 Å². The molecule has 4 atom stereocenters. The van der Waals surface area contributed by atoms with E-state index in [0.29, 0.717) is 47.3 Å². The van der Waals surface area contributed by atoms with Crippen LogP contribution in [0.25, 0.3) is 81.0 Å². The largest absolute Gasteiger partial charge is 0.309 e. The second kappa shape index (κ2) is 14.1. The summed E-state index contributed by atoms with van der Waals surface area (Å²) in [5.41, 5.74) is 23.2. The van der Waals surface area contributed by atoms with E-state index in [1.54, 1.807) is 0 Å². The molecule has 0 amide bonds. The minimum Gasteiger partial charge on any atom is -0.309 e. The molecule has 2 aliphatic heterocycles. The maximum absolute atomic E-state index is 12.6. The molecule has 4 aromatic heterocycles. The summed E-state index contributed by atoms with van der Waals surface area (Å²) in [5, 5.41) is 23.2. The number of hydrogen-bond donors (Lipinski definition) is 0. The Kier molecular flexibility index (Phi) is 7.49. The zero-order chi connectivity index (χ0) is 51.8. The molecule has 0 radical (unpaired) electrons. The summed E-state index contributed by atoms with van der Waals surface area (Å²) in [6, 6.07) is 63.8. The summed E-state index contributed by atoms with van der Waals surface area (Å²) in [5.74, 6) is 4.36. The Morgan fingerprint density at radius 3 is 1.10 bits per heavy atom. The van der Waals surface area contributed by atoms with E-state index in [1.165, 1.54) is 207 Å². The van der Waals surface area contributed by atoms with Crippen molar-refractivity contribution in [3.8, 4) is 6.07 Å². The van der Waals surface area contributed by atoms with Crippen LogP contribution in [-0.2, 0) is 10.8 Å². The number of hydrogen-bond acceptors (Lipinski definition) is 1. The Hall–Kier alpha value is -8.44. The first-order valence-electron chi connectivity index (χ1n) is 30.2. The Bertz CT molecular complexity index is 4660.